The average Bonchev–Trinajstić information content (AvgIpc) is 3.01. The number of carbonyl (C=O) groups is 1. The minimum Gasteiger partial charge on any atom is -0.346 e. The predicted octanol–water partition coefficient (Wildman–Crippen LogP) is 5.54. The molecule has 0 aliphatic heterocycles. The molecule has 3 rings (SSSR count). The number of hydrogen-bond acceptors (Lipinski definition) is 2. The minimum atomic E-state index is -0.439. The SMILES string of the molecule is Cc1cc(C)c(C)c(Cn2c(C(C)NC(=O)C(C)(C)C)nc3ccccc32)c1C. The van der Waals surface area contributed by atoms with Crippen LogP contribution in [-0.2, 0) is 11.3 Å². The van der Waals surface area contributed by atoms with Gasteiger partial charge >= 0.3 is 0 Å². The fourth-order valence-corrected chi connectivity index (χ4v) is 3.76. The van der Waals surface area contributed by atoms with E-state index in [1.807, 2.05) is 45.9 Å². The molecule has 0 bridgehead atoms. The summed E-state index contributed by atoms with van der Waals surface area (Å²) in [4.78, 5) is 17.5. The molecule has 1 unspecified atom stereocenters. The van der Waals surface area contributed by atoms with Gasteiger partial charge in [0.15, 0.2) is 0 Å². The van der Waals surface area contributed by atoms with Crippen LogP contribution < -0.4 is 5.32 Å². The lowest BCUT2D eigenvalue weighted by atomic mass is 9.94. The lowest BCUT2D eigenvalue weighted by molar-refractivity contribution is -0.129. The second-order valence-electron chi connectivity index (χ2n) is 9.23. The van der Waals surface area contributed by atoms with Gasteiger partial charge < -0.3 is 9.88 Å². The number of nitrogens with zero attached hydrogens (tertiary/aromatic N) is 2. The van der Waals surface area contributed by atoms with Crippen LogP contribution in [0.3, 0.4) is 0 Å². The molecule has 0 spiro atoms. The molecule has 29 heavy (non-hydrogen) atoms. The molecule has 0 saturated heterocycles. The molecular formula is C25H33N3O. The Balaban J connectivity index is 2.11. The summed E-state index contributed by atoms with van der Waals surface area (Å²) < 4.78 is 2.26. The monoisotopic (exact) mass is 391 g/mol. The number of amides is 1. The van der Waals surface area contributed by atoms with Crippen molar-refractivity contribution in [3.05, 3.63) is 64.0 Å². The molecule has 1 heterocycles. The lowest BCUT2D eigenvalue weighted by Crippen LogP contribution is -2.37. The van der Waals surface area contributed by atoms with Crippen molar-refractivity contribution in [2.24, 2.45) is 5.41 Å². The van der Waals surface area contributed by atoms with Gasteiger partial charge in [-0.1, -0.05) is 39.0 Å². The summed E-state index contributed by atoms with van der Waals surface area (Å²) in [5, 5.41) is 3.15. The Morgan fingerprint density at radius 1 is 1.07 bits per heavy atom. The number of carbonyl (C=O) groups excluding carboxylic acids is 1. The zero-order valence-corrected chi connectivity index (χ0v) is 19.0. The van der Waals surface area contributed by atoms with Gasteiger partial charge in [-0.2, -0.15) is 0 Å². The highest BCUT2D eigenvalue weighted by Crippen LogP contribution is 2.27. The van der Waals surface area contributed by atoms with E-state index in [0.717, 1.165) is 23.4 Å². The summed E-state index contributed by atoms with van der Waals surface area (Å²) in [5.74, 6) is 0.920. The van der Waals surface area contributed by atoms with Crippen LogP contribution in [0.2, 0.25) is 0 Å². The molecule has 1 aromatic heterocycles. The quantitative estimate of drug-likeness (QED) is 0.634. The van der Waals surface area contributed by atoms with Crippen molar-refractivity contribution < 1.29 is 4.79 Å². The Hall–Kier alpha value is -2.62. The number of para-hydroxylation sites is 2. The molecule has 1 amide bonds. The molecule has 4 heteroatoms. The maximum Gasteiger partial charge on any atom is 0.225 e. The van der Waals surface area contributed by atoms with Gasteiger partial charge in [-0.25, -0.2) is 4.98 Å². The van der Waals surface area contributed by atoms with Crippen LogP contribution in [-0.4, -0.2) is 15.5 Å². The maximum absolute atomic E-state index is 12.6. The molecule has 0 saturated carbocycles. The first-order valence-electron chi connectivity index (χ1n) is 10.3. The van der Waals surface area contributed by atoms with Gasteiger partial charge in [-0.15, -0.1) is 0 Å². The summed E-state index contributed by atoms with van der Waals surface area (Å²) in [7, 11) is 0. The fraction of sp³-hybridized carbons (Fsp3) is 0.440. The maximum atomic E-state index is 12.6. The van der Waals surface area contributed by atoms with Crippen molar-refractivity contribution in [1.29, 1.82) is 0 Å². The number of nitrogens with one attached hydrogen (secondary N) is 1. The Bertz CT molecular complexity index is 1040. The number of benzene rings is 2. The lowest BCUT2D eigenvalue weighted by Gasteiger charge is -2.23. The first kappa shape index (κ1) is 21.1. The predicted molar refractivity (Wildman–Crippen MR) is 120 cm³/mol. The second kappa shape index (κ2) is 7.66. The van der Waals surface area contributed by atoms with Gasteiger partial charge in [0.05, 0.1) is 17.1 Å². The highest BCUT2D eigenvalue weighted by Gasteiger charge is 2.26. The summed E-state index contributed by atoms with van der Waals surface area (Å²) in [5.41, 5.74) is 8.21. The van der Waals surface area contributed by atoms with E-state index < -0.39 is 5.41 Å². The number of fused-ring (bicyclic) bond motifs is 1. The summed E-state index contributed by atoms with van der Waals surface area (Å²) in [6.07, 6.45) is 0. The molecule has 1 atom stereocenters. The van der Waals surface area contributed by atoms with Crippen molar-refractivity contribution in [2.45, 2.75) is 68.0 Å². The molecule has 0 radical (unpaired) electrons. The Morgan fingerprint density at radius 3 is 2.24 bits per heavy atom. The van der Waals surface area contributed by atoms with Crippen molar-refractivity contribution in [2.75, 3.05) is 0 Å². The molecule has 0 aliphatic rings. The van der Waals surface area contributed by atoms with Crippen LogP contribution in [0, 0.1) is 33.1 Å². The van der Waals surface area contributed by atoms with Gasteiger partial charge in [0.25, 0.3) is 0 Å². The third kappa shape index (κ3) is 4.07. The van der Waals surface area contributed by atoms with Gasteiger partial charge in [0.2, 0.25) is 5.91 Å². The zero-order valence-electron chi connectivity index (χ0n) is 19.0. The minimum absolute atomic E-state index is 0.0300. The molecular weight excluding hydrogens is 358 g/mol. The number of imidazole rings is 1. The standard InChI is InChI=1S/C25H33N3O/c1-15-13-16(2)18(4)20(17(15)3)14-28-22-12-10-9-11-21(22)27-23(28)19(5)26-24(29)25(6,7)8/h9-13,19H,14H2,1-8H3,(H,26,29). The first-order chi connectivity index (χ1) is 13.5. The van der Waals surface area contributed by atoms with Crippen LogP contribution in [0.4, 0.5) is 0 Å². The van der Waals surface area contributed by atoms with E-state index in [9.17, 15) is 4.79 Å². The third-order valence-corrected chi connectivity index (χ3v) is 5.94. The van der Waals surface area contributed by atoms with E-state index in [0.29, 0.717) is 0 Å². The van der Waals surface area contributed by atoms with Crippen molar-refractivity contribution in [1.82, 2.24) is 14.9 Å². The van der Waals surface area contributed by atoms with Crippen LogP contribution >= 0.6 is 0 Å². The highest BCUT2D eigenvalue weighted by atomic mass is 16.2. The van der Waals surface area contributed by atoms with Crippen LogP contribution in [0.1, 0.15) is 67.4 Å². The summed E-state index contributed by atoms with van der Waals surface area (Å²) in [6.45, 7) is 17.3. The topological polar surface area (TPSA) is 46.9 Å². The normalized spacial score (nSPS) is 13.0. The molecule has 4 nitrogen and oxygen atoms in total. The highest BCUT2D eigenvalue weighted by molar-refractivity contribution is 5.82. The number of rotatable bonds is 4. The van der Waals surface area contributed by atoms with Crippen molar-refractivity contribution >= 4 is 16.9 Å². The van der Waals surface area contributed by atoms with Gasteiger partial charge in [-0.3, -0.25) is 4.79 Å². The molecule has 3 aromatic rings. The fourth-order valence-electron chi connectivity index (χ4n) is 3.76. The van der Waals surface area contributed by atoms with E-state index in [-0.39, 0.29) is 11.9 Å². The van der Waals surface area contributed by atoms with E-state index >= 15 is 0 Å². The molecule has 154 valence electrons. The van der Waals surface area contributed by atoms with Crippen LogP contribution in [0.25, 0.3) is 11.0 Å². The molecule has 1 N–H and O–H groups in total. The van der Waals surface area contributed by atoms with E-state index in [4.69, 9.17) is 4.98 Å². The van der Waals surface area contributed by atoms with Crippen molar-refractivity contribution in [3.8, 4) is 0 Å². The molecule has 0 fully saturated rings. The zero-order chi connectivity index (χ0) is 21.5. The van der Waals surface area contributed by atoms with E-state index in [2.05, 4.69) is 49.7 Å². The number of aryl methyl sites for hydroxylation is 2. The van der Waals surface area contributed by atoms with Crippen molar-refractivity contribution in [3.63, 3.8) is 0 Å². The number of hydrogen-bond donors (Lipinski definition) is 1. The Kier molecular flexibility index (Phi) is 5.57. The Morgan fingerprint density at radius 2 is 1.66 bits per heavy atom. The van der Waals surface area contributed by atoms with E-state index in [1.165, 1.54) is 27.8 Å². The van der Waals surface area contributed by atoms with Crippen LogP contribution in [0.15, 0.2) is 30.3 Å². The van der Waals surface area contributed by atoms with Gasteiger partial charge in [0.1, 0.15) is 5.82 Å². The van der Waals surface area contributed by atoms with Gasteiger partial charge in [0, 0.05) is 12.0 Å². The summed E-state index contributed by atoms with van der Waals surface area (Å²) >= 11 is 0. The largest absolute Gasteiger partial charge is 0.346 e. The molecule has 2 aromatic carbocycles. The van der Waals surface area contributed by atoms with Crippen LogP contribution in [0.5, 0.6) is 0 Å². The first-order valence-corrected chi connectivity index (χ1v) is 10.3. The second-order valence-corrected chi connectivity index (χ2v) is 9.23. The Labute approximate surface area is 174 Å². The van der Waals surface area contributed by atoms with E-state index in [1.54, 1.807) is 0 Å². The smallest absolute Gasteiger partial charge is 0.225 e. The average molecular weight is 392 g/mol. The number of aromatic nitrogens is 2. The third-order valence-electron chi connectivity index (χ3n) is 5.94. The van der Waals surface area contributed by atoms with Gasteiger partial charge in [-0.05, 0) is 74.6 Å². The summed E-state index contributed by atoms with van der Waals surface area (Å²) in [6, 6.07) is 10.3. The molecule has 0 aliphatic carbocycles.